The number of carbonyl (C=O) groups is 1. The molecule has 0 aliphatic rings. The van der Waals surface area contributed by atoms with Crippen molar-refractivity contribution in [3.63, 3.8) is 0 Å². The quantitative estimate of drug-likeness (QED) is 0.793. The molecule has 1 heterocycles. The summed E-state index contributed by atoms with van der Waals surface area (Å²) in [6.07, 6.45) is 1.06. The van der Waals surface area contributed by atoms with Crippen molar-refractivity contribution in [3.05, 3.63) is 43.1 Å². The molecule has 88 valence electrons. The Hall–Kier alpha value is -1.23. The lowest BCUT2D eigenvalue weighted by Gasteiger charge is -2.05. The van der Waals surface area contributed by atoms with Crippen LogP contribution in [0, 0.1) is 0 Å². The van der Waals surface area contributed by atoms with Crippen LogP contribution in [-0.4, -0.2) is 16.1 Å². The molecule has 0 atom stereocenters. The van der Waals surface area contributed by atoms with E-state index in [1.807, 2.05) is 0 Å². The first-order valence-corrected chi connectivity index (χ1v) is 5.49. The third-order valence-electron chi connectivity index (χ3n) is 2.23. The molecular formula is C10H4Cl3NO3. The van der Waals surface area contributed by atoms with Gasteiger partial charge in [-0.3, -0.25) is 4.79 Å². The van der Waals surface area contributed by atoms with Crippen molar-refractivity contribution in [1.29, 1.82) is 0 Å². The van der Waals surface area contributed by atoms with E-state index in [0.717, 1.165) is 6.20 Å². The minimum Gasteiger partial charge on any atom is -0.477 e. The van der Waals surface area contributed by atoms with E-state index in [0.29, 0.717) is 0 Å². The summed E-state index contributed by atoms with van der Waals surface area (Å²) in [6.45, 7) is 0. The van der Waals surface area contributed by atoms with Gasteiger partial charge < -0.3 is 10.1 Å². The van der Waals surface area contributed by atoms with Crippen LogP contribution in [0.5, 0.6) is 0 Å². The second-order valence-electron chi connectivity index (χ2n) is 3.24. The van der Waals surface area contributed by atoms with E-state index < -0.39 is 17.0 Å². The van der Waals surface area contributed by atoms with Crippen LogP contribution in [0.15, 0.2) is 17.1 Å². The van der Waals surface area contributed by atoms with Gasteiger partial charge in [-0.25, -0.2) is 4.79 Å². The molecule has 4 nitrogen and oxygen atoms in total. The Kier molecular flexibility index (Phi) is 3.03. The Morgan fingerprint density at radius 3 is 2.47 bits per heavy atom. The summed E-state index contributed by atoms with van der Waals surface area (Å²) < 4.78 is 0. The number of pyridine rings is 1. The highest BCUT2D eigenvalue weighted by Gasteiger charge is 2.17. The SMILES string of the molecule is O=C(O)c1c[nH]c2c(Cl)c(Cl)cc(Cl)c2c1=O. The van der Waals surface area contributed by atoms with Crippen molar-refractivity contribution in [2.45, 2.75) is 0 Å². The lowest BCUT2D eigenvalue weighted by atomic mass is 10.1. The zero-order chi connectivity index (χ0) is 12.7. The summed E-state index contributed by atoms with van der Waals surface area (Å²) >= 11 is 17.5. The fourth-order valence-electron chi connectivity index (χ4n) is 1.46. The van der Waals surface area contributed by atoms with Crippen LogP contribution in [0.2, 0.25) is 15.1 Å². The van der Waals surface area contributed by atoms with E-state index in [1.165, 1.54) is 6.07 Å². The summed E-state index contributed by atoms with van der Waals surface area (Å²) in [4.78, 5) is 25.3. The van der Waals surface area contributed by atoms with Gasteiger partial charge in [-0.05, 0) is 6.07 Å². The van der Waals surface area contributed by atoms with Crippen LogP contribution >= 0.6 is 34.8 Å². The smallest absolute Gasteiger partial charge is 0.341 e. The average Bonchev–Trinajstić information content (AvgIpc) is 2.25. The highest BCUT2D eigenvalue weighted by molar-refractivity contribution is 6.47. The average molecular weight is 293 g/mol. The predicted molar refractivity (Wildman–Crippen MR) is 66.6 cm³/mol. The number of carboxylic acid groups (broad SMARTS) is 1. The van der Waals surface area contributed by atoms with Crippen LogP contribution in [0.3, 0.4) is 0 Å². The number of aromatic carboxylic acids is 1. The first-order chi connectivity index (χ1) is 7.93. The van der Waals surface area contributed by atoms with Gasteiger partial charge in [-0.2, -0.15) is 0 Å². The molecule has 2 N–H and O–H groups in total. The van der Waals surface area contributed by atoms with Crippen LogP contribution < -0.4 is 5.43 Å². The maximum Gasteiger partial charge on any atom is 0.341 e. The third-order valence-corrected chi connectivity index (χ3v) is 3.32. The molecule has 1 aromatic carbocycles. The summed E-state index contributed by atoms with van der Waals surface area (Å²) in [7, 11) is 0. The molecule has 0 amide bonds. The molecule has 2 rings (SSSR count). The van der Waals surface area contributed by atoms with Gasteiger partial charge in [0.1, 0.15) is 5.56 Å². The maximum atomic E-state index is 11.9. The van der Waals surface area contributed by atoms with E-state index >= 15 is 0 Å². The van der Waals surface area contributed by atoms with Crippen molar-refractivity contribution in [2.24, 2.45) is 0 Å². The summed E-state index contributed by atoms with van der Waals surface area (Å²) in [5.74, 6) is -1.34. The van der Waals surface area contributed by atoms with E-state index in [2.05, 4.69) is 4.98 Å². The molecule has 7 heteroatoms. The number of nitrogens with one attached hydrogen (secondary N) is 1. The van der Waals surface area contributed by atoms with Gasteiger partial charge in [0.25, 0.3) is 0 Å². The van der Waals surface area contributed by atoms with Crippen LogP contribution in [0.1, 0.15) is 10.4 Å². The first kappa shape index (κ1) is 12.2. The molecule has 0 spiro atoms. The van der Waals surface area contributed by atoms with E-state index in [4.69, 9.17) is 39.9 Å². The molecule has 0 fully saturated rings. The van der Waals surface area contributed by atoms with Crippen molar-refractivity contribution in [1.82, 2.24) is 4.98 Å². The number of fused-ring (bicyclic) bond motifs is 1. The minimum atomic E-state index is -1.34. The number of hydrogen-bond donors (Lipinski definition) is 2. The number of aromatic nitrogens is 1. The number of carboxylic acids is 1. The number of H-pyrrole nitrogens is 1. The number of rotatable bonds is 1. The Balaban J connectivity index is 3.02. The number of hydrogen-bond acceptors (Lipinski definition) is 2. The van der Waals surface area contributed by atoms with Crippen molar-refractivity contribution in [3.8, 4) is 0 Å². The maximum absolute atomic E-state index is 11.9. The highest BCUT2D eigenvalue weighted by Crippen LogP contribution is 2.33. The molecule has 0 unspecified atom stereocenters. The molecule has 17 heavy (non-hydrogen) atoms. The summed E-state index contributed by atoms with van der Waals surface area (Å²) in [5.41, 5.74) is -0.883. The third kappa shape index (κ3) is 1.88. The molecule has 0 saturated heterocycles. The van der Waals surface area contributed by atoms with Gasteiger partial charge in [0.15, 0.2) is 0 Å². The lowest BCUT2D eigenvalue weighted by molar-refractivity contribution is 0.0695. The number of aromatic amines is 1. The van der Waals surface area contributed by atoms with Crippen LogP contribution in [-0.2, 0) is 0 Å². The number of halogens is 3. The number of benzene rings is 1. The molecule has 0 saturated carbocycles. The molecule has 2 aromatic rings. The topological polar surface area (TPSA) is 70.2 Å². The molecule has 0 radical (unpaired) electrons. The minimum absolute atomic E-state index is 0.0148. The second kappa shape index (κ2) is 4.22. The van der Waals surface area contributed by atoms with Gasteiger partial charge in [0, 0.05) is 6.20 Å². The highest BCUT2D eigenvalue weighted by atomic mass is 35.5. The lowest BCUT2D eigenvalue weighted by Crippen LogP contribution is -2.15. The van der Waals surface area contributed by atoms with E-state index in [-0.39, 0.29) is 26.0 Å². The predicted octanol–water partition coefficient (Wildman–Crippen LogP) is 3.19. The first-order valence-electron chi connectivity index (χ1n) is 4.35. The van der Waals surface area contributed by atoms with Crippen LogP contribution in [0.4, 0.5) is 0 Å². The van der Waals surface area contributed by atoms with Gasteiger partial charge in [0.2, 0.25) is 5.43 Å². The largest absolute Gasteiger partial charge is 0.477 e. The van der Waals surface area contributed by atoms with Gasteiger partial charge in [-0.15, -0.1) is 0 Å². The summed E-state index contributed by atoms with van der Waals surface area (Å²) in [5, 5.41) is 9.20. The van der Waals surface area contributed by atoms with Crippen molar-refractivity contribution in [2.75, 3.05) is 0 Å². The Morgan fingerprint density at radius 1 is 1.24 bits per heavy atom. The Labute approximate surface area is 110 Å². The normalized spacial score (nSPS) is 10.8. The fourth-order valence-corrected chi connectivity index (χ4v) is 2.21. The Morgan fingerprint density at radius 2 is 1.88 bits per heavy atom. The zero-order valence-corrected chi connectivity index (χ0v) is 10.3. The molecular weight excluding hydrogens is 288 g/mol. The molecule has 1 aromatic heterocycles. The molecule has 0 bridgehead atoms. The monoisotopic (exact) mass is 291 g/mol. The molecule has 0 aliphatic carbocycles. The van der Waals surface area contributed by atoms with E-state index in [1.54, 1.807) is 0 Å². The van der Waals surface area contributed by atoms with E-state index in [9.17, 15) is 9.59 Å². The zero-order valence-electron chi connectivity index (χ0n) is 8.05. The second-order valence-corrected chi connectivity index (χ2v) is 4.43. The van der Waals surface area contributed by atoms with Gasteiger partial charge in [0.05, 0.1) is 26.0 Å². The van der Waals surface area contributed by atoms with Crippen molar-refractivity contribution < 1.29 is 9.90 Å². The van der Waals surface area contributed by atoms with Gasteiger partial charge in [-0.1, -0.05) is 34.8 Å². The van der Waals surface area contributed by atoms with Gasteiger partial charge >= 0.3 is 5.97 Å². The summed E-state index contributed by atoms with van der Waals surface area (Å²) in [6, 6.07) is 1.30. The van der Waals surface area contributed by atoms with Crippen LogP contribution in [0.25, 0.3) is 10.9 Å². The standard InChI is InChI=1S/C10H4Cl3NO3/c11-4-1-5(12)7(13)8-6(4)9(15)3(2-14-8)10(16)17/h1-2H,(H,14,15)(H,16,17). The van der Waals surface area contributed by atoms with Crippen molar-refractivity contribution >= 4 is 51.7 Å². The molecule has 0 aliphatic heterocycles. The fraction of sp³-hybridized carbons (Fsp3) is 0. The Bertz CT molecular complexity index is 693.